The lowest BCUT2D eigenvalue weighted by atomic mass is 10.8. The molecule has 0 spiro atoms. The third-order valence-corrected chi connectivity index (χ3v) is 10.9. The number of hydrogen-bond donors (Lipinski definition) is 0. The molecule has 0 radical (unpaired) electrons. The van der Waals surface area contributed by atoms with E-state index < -0.39 is 16.3 Å². The molecule has 5 heteroatoms. The molecule has 1 aromatic rings. The van der Waals surface area contributed by atoms with Gasteiger partial charge in [-0.05, 0) is 6.04 Å². The van der Waals surface area contributed by atoms with Gasteiger partial charge in [0.2, 0.25) is 0 Å². The molecule has 0 aromatic carbocycles. The molecule has 2 heterocycles. The van der Waals surface area contributed by atoms with E-state index in [1.165, 1.54) is 24.1 Å². The van der Waals surface area contributed by atoms with Crippen LogP contribution in [-0.4, -0.2) is 27.5 Å². The fraction of sp³-hybridized carbons (Fsp3) is 0.700. The quantitative estimate of drug-likeness (QED) is 0.716. The summed E-state index contributed by atoms with van der Waals surface area (Å²) >= 11 is 1.72. The molecule has 1 aliphatic heterocycles. The lowest BCUT2D eigenvalue weighted by Crippen LogP contribution is -2.60. The summed E-state index contributed by atoms with van der Waals surface area (Å²) in [5.41, 5.74) is 1.96. The SMILES string of the molecule is C[Si]1(C)CC[Si](C)(C)N(c2cscn2)C1. The van der Waals surface area contributed by atoms with Gasteiger partial charge >= 0.3 is 0 Å². The molecule has 0 unspecified atom stereocenters. The molecule has 0 aliphatic carbocycles. The summed E-state index contributed by atoms with van der Waals surface area (Å²) in [5, 5.41) is 2.21. The van der Waals surface area contributed by atoms with Gasteiger partial charge in [0, 0.05) is 11.5 Å². The number of hydrogen-bond acceptors (Lipinski definition) is 3. The Hall–Kier alpha value is -0.136. The summed E-state index contributed by atoms with van der Waals surface area (Å²) < 4.78 is 2.67. The molecule has 0 amide bonds. The van der Waals surface area contributed by atoms with Gasteiger partial charge in [-0.25, -0.2) is 4.98 Å². The molecule has 1 aromatic heterocycles. The average Bonchev–Trinajstić information content (AvgIpc) is 2.62. The van der Waals surface area contributed by atoms with Crippen molar-refractivity contribution >= 4 is 33.5 Å². The fourth-order valence-electron chi connectivity index (χ4n) is 2.23. The molecule has 2 nitrogen and oxygen atoms in total. The van der Waals surface area contributed by atoms with E-state index in [0.717, 1.165) is 0 Å². The van der Waals surface area contributed by atoms with Crippen molar-refractivity contribution in [3.63, 3.8) is 0 Å². The minimum Gasteiger partial charge on any atom is -0.385 e. The molecule has 0 bridgehead atoms. The first-order chi connectivity index (χ1) is 6.91. The Labute approximate surface area is 98.4 Å². The van der Waals surface area contributed by atoms with Gasteiger partial charge in [-0.3, -0.25) is 0 Å². The zero-order chi connectivity index (χ0) is 11.1. The second kappa shape index (κ2) is 3.71. The Morgan fingerprint density at radius 3 is 2.60 bits per heavy atom. The molecular weight excluding hydrogens is 236 g/mol. The lowest BCUT2D eigenvalue weighted by Gasteiger charge is -2.47. The second-order valence-corrected chi connectivity index (χ2v) is 16.4. The molecule has 1 aliphatic rings. The molecule has 1 fully saturated rings. The van der Waals surface area contributed by atoms with E-state index in [4.69, 9.17) is 0 Å². The minimum atomic E-state index is -1.20. The van der Waals surface area contributed by atoms with Crippen LogP contribution < -0.4 is 4.57 Å². The highest BCUT2D eigenvalue weighted by atomic mass is 32.1. The van der Waals surface area contributed by atoms with Crippen molar-refractivity contribution in [2.24, 2.45) is 0 Å². The van der Waals surface area contributed by atoms with E-state index in [-0.39, 0.29) is 0 Å². The largest absolute Gasteiger partial charge is 0.385 e. The van der Waals surface area contributed by atoms with Crippen LogP contribution in [0, 0.1) is 0 Å². The van der Waals surface area contributed by atoms with Crippen LogP contribution >= 0.6 is 11.3 Å². The van der Waals surface area contributed by atoms with E-state index in [2.05, 4.69) is 41.1 Å². The van der Waals surface area contributed by atoms with Gasteiger partial charge in [-0.1, -0.05) is 32.2 Å². The lowest BCUT2D eigenvalue weighted by molar-refractivity contribution is 1.03. The van der Waals surface area contributed by atoms with Crippen LogP contribution in [-0.2, 0) is 0 Å². The predicted molar refractivity (Wildman–Crippen MR) is 74.0 cm³/mol. The summed E-state index contributed by atoms with van der Waals surface area (Å²) in [4.78, 5) is 4.50. The van der Waals surface area contributed by atoms with E-state index in [0.29, 0.717) is 0 Å². The van der Waals surface area contributed by atoms with Crippen molar-refractivity contribution in [3.8, 4) is 0 Å². The molecule has 0 saturated carbocycles. The van der Waals surface area contributed by atoms with Crippen LogP contribution in [0.2, 0.25) is 38.3 Å². The highest BCUT2D eigenvalue weighted by molar-refractivity contribution is 7.08. The number of thiazole rings is 1. The zero-order valence-corrected chi connectivity index (χ0v) is 12.9. The standard InChI is InChI=1S/C10H20N2SSi2/c1-14(2)5-6-15(3,4)12(9-14)10-7-13-8-11-10/h7-8H,5-6,9H2,1-4H3. The van der Waals surface area contributed by atoms with Crippen LogP contribution in [0.4, 0.5) is 5.82 Å². The predicted octanol–water partition coefficient (Wildman–Crippen LogP) is 3.42. The third kappa shape index (κ3) is 2.34. The first-order valence-electron chi connectivity index (χ1n) is 5.57. The van der Waals surface area contributed by atoms with E-state index in [9.17, 15) is 0 Å². The summed E-state index contributed by atoms with van der Waals surface area (Å²) in [6.07, 6.45) is 1.32. The minimum absolute atomic E-state index is 0.973. The maximum absolute atomic E-state index is 4.50. The Balaban J connectivity index is 2.27. The summed E-state index contributed by atoms with van der Waals surface area (Å²) in [5.74, 6) is 1.25. The highest BCUT2D eigenvalue weighted by Crippen LogP contribution is 2.34. The first-order valence-corrected chi connectivity index (χ1v) is 13.1. The van der Waals surface area contributed by atoms with Gasteiger partial charge in [0.1, 0.15) is 5.82 Å². The summed E-state index contributed by atoms with van der Waals surface area (Å²) in [6, 6.07) is 2.95. The van der Waals surface area contributed by atoms with Crippen molar-refractivity contribution in [3.05, 3.63) is 10.9 Å². The molecule has 1 saturated heterocycles. The van der Waals surface area contributed by atoms with E-state index in [1.807, 2.05) is 5.51 Å². The summed E-state index contributed by atoms with van der Waals surface area (Å²) in [6.45, 7) is 9.98. The van der Waals surface area contributed by atoms with Crippen molar-refractivity contribution in [1.82, 2.24) is 4.98 Å². The third-order valence-electron chi connectivity index (χ3n) is 3.43. The van der Waals surface area contributed by atoms with Crippen LogP contribution in [0.15, 0.2) is 10.9 Å². The smallest absolute Gasteiger partial charge is 0.151 e. The number of anilines is 1. The highest BCUT2D eigenvalue weighted by Gasteiger charge is 2.41. The van der Waals surface area contributed by atoms with Crippen molar-refractivity contribution < 1.29 is 0 Å². The average molecular weight is 257 g/mol. The number of aromatic nitrogens is 1. The number of nitrogens with zero attached hydrogens (tertiary/aromatic N) is 2. The van der Waals surface area contributed by atoms with Gasteiger partial charge in [0.05, 0.1) is 13.6 Å². The van der Waals surface area contributed by atoms with Gasteiger partial charge in [-0.2, -0.15) is 0 Å². The first kappa shape index (κ1) is 11.4. The molecule has 84 valence electrons. The topological polar surface area (TPSA) is 16.1 Å². The zero-order valence-electron chi connectivity index (χ0n) is 10.1. The van der Waals surface area contributed by atoms with Crippen LogP contribution in [0.5, 0.6) is 0 Å². The Bertz CT molecular complexity index is 335. The molecule has 0 N–H and O–H groups in total. The molecule has 0 atom stereocenters. The van der Waals surface area contributed by atoms with Crippen LogP contribution in [0.3, 0.4) is 0 Å². The monoisotopic (exact) mass is 256 g/mol. The molecule has 15 heavy (non-hydrogen) atoms. The van der Waals surface area contributed by atoms with E-state index in [1.54, 1.807) is 11.3 Å². The Morgan fingerprint density at radius 2 is 2.00 bits per heavy atom. The fourth-order valence-corrected chi connectivity index (χ4v) is 13.2. The Kier molecular flexibility index (Phi) is 2.81. The molecular formula is C10H20N2SSi2. The summed E-state index contributed by atoms with van der Waals surface area (Å²) in [7, 11) is -2.17. The molecule has 2 rings (SSSR count). The van der Waals surface area contributed by atoms with E-state index >= 15 is 0 Å². The normalized spacial score (nSPS) is 24.1. The van der Waals surface area contributed by atoms with Gasteiger partial charge in [0.15, 0.2) is 8.24 Å². The maximum atomic E-state index is 4.50. The van der Waals surface area contributed by atoms with Gasteiger partial charge in [0.25, 0.3) is 0 Å². The van der Waals surface area contributed by atoms with Crippen molar-refractivity contribution in [2.45, 2.75) is 38.3 Å². The van der Waals surface area contributed by atoms with Gasteiger partial charge < -0.3 is 4.57 Å². The van der Waals surface area contributed by atoms with Gasteiger partial charge in [-0.15, -0.1) is 11.3 Å². The number of rotatable bonds is 1. The Morgan fingerprint density at radius 1 is 1.27 bits per heavy atom. The van der Waals surface area contributed by atoms with Crippen LogP contribution in [0.1, 0.15) is 0 Å². The van der Waals surface area contributed by atoms with Crippen molar-refractivity contribution in [2.75, 3.05) is 10.7 Å². The second-order valence-electron chi connectivity index (χ2n) is 5.91. The van der Waals surface area contributed by atoms with Crippen LogP contribution in [0.25, 0.3) is 0 Å². The maximum Gasteiger partial charge on any atom is 0.151 e. The van der Waals surface area contributed by atoms with Crippen molar-refractivity contribution in [1.29, 1.82) is 0 Å².